The molecule has 0 radical (unpaired) electrons. The molecule has 1 atom stereocenters. The number of para-hydroxylation sites is 1. The van der Waals surface area contributed by atoms with Crippen molar-refractivity contribution in [3.63, 3.8) is 0 Å². The second kappa shape index (κ2) is 5.33. The maximum absolute atomic E-state index is 6.03. The molecule has 0 saturated heterocycles. The molecular weight excluding hydrogens is 280 g/mol. The van der Waals surface area contributed by atoms with Crippen LogP contribution in [-0.2, 0) is 6.42 Å². The number of halogens is 1. The topological polar surface area (TPSA) is 38.1 Å². The van der Waals surface area contributed by atoms with E-state index in [-0.39, 0.29) is 6.04 Å². The minimum atomic E-state index is 0.117. The van der Waals surface area contributed by atoms with E-state index in [0.717, 1.165) is 22.5 Å². The molecule has 0 amide bonds. The standard InChI is InChI=1S/C14H13ClN2OS/c1-16-11(9-6-7-18-14(9)15)8-13-17-10-4-2-3-5-12(10)19-13/h2-7,11,16H,8H2,1H3. The number of likely N-dealkylation sites (N-methyl/N-ethyl adjacent to an activating group) is 1. The average molecular weight is 293 g/mol. The molecule has 2 aromatic heterocycles. The van der Waals surface area contributed by atoms with Crippen molar-refractivity contribution in [3.05, 3.63) is 52.4 Å². The summed E-state index contributed by atoms with van der Waals surface area (Å²) < 4.78 is 6.37. The Bertz CT molecular complexity index is 658. The summed E-state index contributed by atoms with van der Waals surface area (Å²) in [6, 6.07) is 10.2. The molecule has 5 heteroatoms. The van der Waals surface area contributed by atoms with Crippen molar-refractivity contribution < 1.29 is 4.42 Å². The minimum absolute atomic E-state index is 0.117. The van der Waals surface area contributed by atoms with Crippen LogP contribution in [0.25, 0.3) is 10.2 Å². The smallest absolute Gasteiger partial charge is 0.197 e. The van der Waals surface area contributed by atoms with Crippen molar-refractivity contribution in [1.82, 2.24) is 10.3 Å². The minimum Gasteiger partial charge on any atom is -0.453 e. The van der Waals surface area contributed by atoms with Crippen molar-refractivity contribution in [3.8, 4) is 0 Å². The summed E-state index contributed by atoms with van der Waals surface area (Å²) in [5, 5.41) is 4.80. The van der Waals surface area contributed by atoms with Gasteiger partial charge >= 0.3 is 0 Å². The number of nitrogens with zero attached hydrogens (tertiary/aromatic N) is 1. The van der Waals surface area contributed by atoms with Gasteiger partial charge in [-0.05, 0) is 36.8 Å². The SMILES string of the molecule is CNC(Cc1nc2ccccc2s1)c1ccoc1Cl. The van der Waals surface area contributed by atoms with E-state index in [4.69, 9.17) is 16.0 Å². The van der Waals surface area contributed by atoms with Crippen LogP contribution in [0, 0.1) is 0 Å². The van der Waals surface area contributed by atoms with Gasteiger partial charge in [-0.2, -0.15) is 0 Å². The zero-order valence-electron chi connectivity index (χ0n) is 10.4. The maximum atomic E-state index is 6.03. The molecule has 1 unspecified atom stereocenters. The van der Waals surface area contributed by atoms with E-state index in [1.165, 1.54) is 4.70 Å². The molecule has 1 aromatic carbocycles. The molecule has 3 rings (SSSR count). The first-order valence-corrected chi connectivity index (χ1v) is 7.22. The van der Waals surface area contributed by atoms with Crippen LogP contribution >= 0.6 is 22.9 Å². The van der Waals surface area contributed by atoms with E-state index in [1.807, 2.05) is 31.3 Å². The Kier molecular flexibility index (Phi) is 3.55. The first-order valence-electron chi connectivity index (χ1n) is 6.02. The van der Waals surface area contributed by atoms with E-state index in [0.29, 0.717) is 5.22 Å². The highest BCUT2D eigenvalue weighted by atomic mass is 35.5. The number of hydrogen-bond acceptors (Lipinski definition) is 4. The van der Waals surface area contributed by atoms with Crippen molar-refractivity contribution in [2.75, 3.05) is 7.05 Å². The van der Waals surface area contributed by atoms with Crippen LogP contribution in [0.3, 0.4) is 0 Å². The third-order valence-electron chi connectivity index (χ3n) is 3.09. The highest BCUT2D eigenvalue weighted by Gasteiger charge is 2.17. The largest absolute Gasteiger partial charge is 0.453 e. The summed E-state index contributed by atoms with van der Waals surface area (Å²) in [4.78, 5) is 4.64. The lowest BCUT2D eigenvalue weighted by molar-refractivity contribution is 0.544. The molecule has 3 nitrogen and oxygen atoms in total. The number of hydrogen-bond donors (Lipinski definition) is 1. The van der Waals surface area contributed by atoms with Crippen LogP contribution < -0.4 is 5.32 Å². The van der Waals surface area contributed by atoms with E-state index >= 15 is 0 Å². The zero-order valence-corrected chi connectivity index (χ0v) is 12.0. The van der Waals surface area contributed by atoms with Crippen LogP contribution in [0.5, 0.6) is 0 Å². The van der Waals surface area contributed by atoms with Gasteiger partial charge in [0.1, 0.15) is 0 Å². The molecule has 0 bridgehead atoms. The summed E-state index contributed by atoms with van der Waals surface area (Å²) in [5.74, 6) is 0. The fourth-order valence-electron chi connectivity index (χ4n) is 2.10. The lowest BCUT2D eigenvalue weighted by atomic mass is 10.1. The van der Waals surface area contributed by atoms with Crippen LogP contribution in [0.1, 0.15) is 16.6 Å². The van der Waals surface area contributed by atoms with Gasteiger partial charge in [0, 0.05) is 18.0 Å². The number of fused-ring (bicyclic) bond motifs is 1. The molecule has 3 aromatic rings. The van der Waals surface area contributed by atoms with E-state index in [1.54, 1.807) is 17.6 Å². The zero-order chi connectivity index (χ0) is 13.2. The summed E-state index contributed by atoms with van der Waals surface area (Å²) in [6.07, 6.45) is 2.41. The predicted molar refractivity (Wildman–Crippen MR) is 78.8 cm³/mol. The van der Waals surface area contributed by atoms with Gasteiger partial charge in [-0.25, -0.2) is 4.98 Å². The Hall–Kier alpha value is -1.36. The van der Waals surface area contributed by atoms with Gasteiger partial charge in [0.15, 0.2) is 5.22 Å². The normalized spacial score (nSPS) is 12.9. The van der Waals surface area contributed by atoms with Crippen molar-refractivity contribution in [2.45, 2.75) is 12.5 Å². The molecule has 0 fully saturated rings. The molecule has 0 aliphatic carbocycles. The van der Waals surface area contributed by atoms with E-state index in [9.17, 15) is 0 Å². The fraction of sp³-hybridized carbons (Fsp3) is 0.214. The molecule has 0 spiro atoms. The number of thiazole rings is 1. The first kappa shape index (κ1) is 12.7. The van der Waals surface area contributed by atoms with E-state index < -0.39 is 0 Å². The van der Waals surface area contributed by atoms with Gasteiger partial charge in [0.2, 0.25) is 0 Å². The molecule has 0 saturated carbocycles. The number of nitrogens with one attached hydrogen (secondary N) is 1. The molecule has 1 N–H and O–H groups in total. The molecule has 0 aliphatic rings. The maximum Gasteiger partial charge on any atom is 0.197 e. The molecule has 19 heavy (non-hydrogen) atoms. The van der Waals surface area contributed by atoms with Crippen LogP contribution in [0.2, 0.25) is 5.22 Å². The molecule has 2 heterocycles. The van der Waals surface area contributed by atoms with Gasteiger partial charge in [-0.3, -0.25) is 0 Å². The quantitative estimate of drug-likeness (QED) is 0.788. The van der Waals surface area contributed by atoms with Crippen LogP contribution in [0.15, 0.2) is 41.0 Å². The lowest BCUT2D eigenvalue weighted by Gasteiger charge is -2.12. The third kappa shape index (κ3) is 2.52. The number of furan rings is 1. The number of benzene rings is 1. The average Bonchev–Trinajstić information content (AvgIpc) is 3.01. The Morgan fingerprint density at radius 2 is 2.21 bits per heavy atom. The second-order valence-corrected chi connectivity index (χ2v) is 5.73. The van der Waals surface area contributed by atoms with E-state index in [2.05, 4.69) is 16.4 Å². The number of rotatable bonds is 4. The Labute approximate surface area is 120 Å². The predicted octanol–water partition coefficient (Wildman–Crippen LogP) is 4.05. The second-order valence-electron chi connectivity index (χ2n) is 4.27. The summed E-state index contributed by atoms with van der Waals surface area (Å²) >= 11 is 7.75. The highest BCUT2D eigenvalue weighted by molar-refractivity contribution is 7.18. The summed E-state index contributed by atoms with van der Waals surface area (Å²) in [5.41, 5.74) is 2.03. The van der Waals surface area contributed by atoms with Gasteiger partial charge in [0.25, 0.3) is 0 Å². The number of aromatic nitrogens is 1. The summed E-state index contributed by atoms with van der Waals surface area (Å²) in [6.45, 7) is 0. The van der Waals surface area contributed by atoms with Gasteiger partial charge < -0.3 is 9.73 Å². The van der Waals surface area contributed by atoms with Gasteiger partial charge in [-0.15, -0.1) is 11.3 Å². The van der Waals surface area contributed by atoms with Gasteiger partial charge in [0.05, 0.1) is 21.5 Å². The summed E-state index contributed by atoms with van der Waals surface area (Å²) in [7, 11) is 1.92. The van der Waals surface area contributed by atoms with Crippen molar-refractivity contribution in [1.29, 1.82) is 0 Å². The monoisotopic (exact) mass is 292 g/mol. The Balaban J connectivity index is 1.88. The van der Waals surface area contributed by atoms with Crippen LogP contribution in [-0.4, -0.2) is 12.0 Å². The van der Waals surface area contributed by atoms with Crippen molar-refractivity contribution >= 4 is 33.2 Å². The molecular formula is C14H13ClN2OS. The fourth-order valence-corrected chi connectivity index (χ4v) is 3.36. The molecule has 0 aliphatic heterocycles. The lowest BCUT2D eigenvalue weighted by Crippen LogP contribution is -2.18. The molecule has 98 valence electrons. The van der Waals surface area contributed by atoms with Crippen LogP contribution in [0.4, 0.5) is 0 Å². The first-order chi connectivity index (χ1) is 9.28. The van der Waals surface area contributed by atoms with Gasteiger partial charge in [-0.1, -0.05) is 12.1 Å². The Morgan fingerprint density at radius 3 is 2.89 bits per heavy atom. The highest BCUT2D eigenvalue weighted by Crippen LogP contribution is 2.29. The Morgan fingerprint density at radius 1 is 1.37 bits per heavy atom. The van der Waals surface area contributed by atoms with Crippen molar-refractivity contribution in [2.24, 2.45) is 0 Å². The third-order valence-corrected chi connectivity index (χ3v) is 4.45.